The minimum absolute atomic E-state index is 0. The van der Waals surface area contributed by atoms with E-state index in [1.807, 2.05) is 12.1 Å². The van der Waals surface area contributed by atoms with Gasteiger partial charge in [0, 0.05) is 43.8 Å². The fourth-order valence-corrected chi connectivity index (χ4v) is 4.75. The van der Waals surface area contributed by atoms with Crippen LogP contribution in [-0.4, -0.2) is 61.4 Å². The number of halogens is 1. The van der Waals surface area contributed by atoms with E-state index in [-0.39, 0.29) is 25.3 Å². The lowest BCUT2D eigenvalue weighted by Gasteiger charge is -2.32. The van der Waals surface area contributed by atoms with Crippen molar-refractivity contribution in [3.8, 4) is 11.5 Å². The van der Waals surface area contributed by atoms with Gasteiger partial charge in [0.2, 0.25) is 6.79 Å². The van der Waals surface area contributed by atoms with Gasteiger partial charge in [-0.05, 0) is 36.7 Å². The Morgan fingerprint density at radius 1 is 1.28 bits per heavy atom. The monoisotopic (exact) mass is 436 g/mol. The molecule has 9 heteroatoms. The standard InChI is InChI=1S/C20H23N3O4S.ClH/c1-24-6-4-21-20-23(11-15-3-2-5-25-15)10-14-7-13-8-17-18(27-12-26-17)9-16(13)22-19(14)28-20;/h7-9,15H,2-6,10-12H2,1H3;1H/p-1. The van der Waals surface area contributed by atoms with Gasteiger partial charge >= 0.3 is 0 Å². The average Bonchev–Trinajstić information content (AvgIpc) is 3.36. The summed E-state index contributed by atoms with van der Waals surface area (Å²) >= 11 is 1.63. The molecule has 1 saturated heterocycles. The topological polar surface area (TPSA) is 65.4 Å². The number of thioether (sulfide) groups is 1. The molecule has 0 saturated carbocycles. The van der Waals surface area contributed by atoms with Gasteiger partial charge in [0.15, 0.2) is 16.7 Å². The van der Waals surface area contributed by atoms with Gasteiger partial charge in [0.05, 0.1) is 24.8 Å². The predicted octanol–water partition coefficient (Wildman–Crippen LogP) is 0.0566. The summed E-state index contributed by atoms with van der Waals surface area (Å²) in [5, 5.41) is 3.07. The number of aliphatic imine (C=N–C) groups is 1. The van der Waals surface area contributed by atoms with Gasteiger partial charge in [-0.1, -0.05) is 0 Å². The Hall–Kier alpha value is -1.74. The number of pyridine rings is 1. The van der Waals surface area contributed by atoms with E-state index in [0.717, 1.165) is 65.1 Å². The Bertz CT molecular complexity index is 920. The van der Waals surface area contributed by atoms with Gasteiger partial charge in [-0.2, -0.15) is 0 Å². The first kappa shape index (κ1) is 20.5. The maximum atomic E-state index is 5.86. The highest BCUT2D eigenvalue weighted by Gasteiger charge is 2.28. The van der Waals surface area contributed by atoms with Crippen molar-refractivity contribution in [3.05, 3.63) is 23.8 Å². The molecule has 156 valence electrons. The molecule has 0 N–H and O–H groups in total. The average molecular weight is 437 g/mol. The van der Waals surface area contributed by atoms with Crippen molar-refractivity contribution in [2.75, 3.05) is 40.2 Å². The molecule has 0 spiro atoms. The molecule has 0 amide bonds. The SMILES string of the molecule is COCCN=C1Sc2nc3cc4c(cc3cc2CN1CC1CCCO1)OCO4.[Cl-]. The van der Waals surface area contributed by atoms with Crippen molar-refractivity contribution in [2.24, 2.45) is 4.99 Å². The second kappa shape index (κ2) is 8.95. The summed E-state index contributed by atoms with van der Waals surface area (Å²) in [4.78, 5) is 12.0. The lowest BCUT2D eigenvalue weighted by atomic mass is 10.1. The van der Waals surface area contributed by atoms with E-state index >= 15 is 0 Å². The number of fused-ring (bicyclic) bond motifs is 3. The quantitative estimate of drug-likeness (QED) is 0.614. The number of hydrogen-bond acceptors (Lipinski definition) is 7. The smallest absolute Gasteiger partial charge is 0.231 e. The molecule has 5 rings (SSSR count). The Kier molecular flexibility index (Phi) is 6.34. The van der Waals surface area contributed by atoms with E-state index in [4.69, 9.17) is 28.9 Å². The summed E-state index contributed by atoms with van der Waals surface area (Å²) in [5.74, 6) is 1.55. The van der Waals surface area contributed by atoms with E-state index in [0.29, 0.717) is 13.2 Å². The van der Waals surface area contributed by atoms with Crippen LogP contribution in [0.1, 0.15) is 18.4 Å². The molecule has 3 aliphatic heterocycles. The molecule has 1 fully saturated rings. The number of aromatic nitrogens is 1. The first-order chi connectivity index (χ1) is 13.8. The molecule has 2 aromatic rings. The van der Waals surface area contributed by atoms with E-state index in [2.05, 4.69) is 11.0 Å². The Morgan fingerprint density at radius 2 is 2.14 bits per heavy atom. The Labute approximate surface area is 180 Å². The van der Waals surface area contributed by atoms with Crippen LogP contribution in [0.2, 0.25) is 0 Å². The molecule has 1 unspecified atom stereocenters. The molecule has 7 nitrogen and oxygen atoms in total. The van der Waals surface area contributed by atoms with Gasteiger partial charge in [-0.25, -0.2) is 4.98 Å². The normalized spacial score (nSPS) is 21.5. The first-order valence-electron chi connectivity index (χ1n) is 9.61. The summed E-state index contributed by atoms with van der Waals surface area (Å²) < 4.78 is 22.1. The minimum atomic E-state index is 0. The van der Waals surface area contributed by atoms with Crippen molar-refractivity contribution in [2.45, 2.75) is 30.5 Å². The van der Waals surface area contributed by atoms with Crippen LogP contribution in [0.4, 0.5) is 0 Å². The number of benzene rings is 1. The van der Waals surface area contributed by atoms with Gasteiger partial charge in [-0.15, -0.1) is 0 Å². The van der Waals surface area contributed by atoms with Crippen LogP contribution in [0.25, 0.3) is 10.9 Å². The lowest BCUT2D eigenvalue weighted by Crippen LogP contribution is -3.00. The third-order valence-electron chi connectivity index (χ3n) is 5.16. The molecule has 3 aliphatic rings. The van der Waals surface area contributed by atoms with E-state index in [1.165, 1.54) is 5.56 Å². The van der Waals surface area contributed by atoms with Gasteiger partial charge in [0.25, 0.3) is 0 Å². The molecule has 0 radical (unpaired) electrons. The van der Waals surface area contributed by atoms with Gasteiger partial charge in [-0.3, -0.25) is 4.99 Å². The van der Waals surface area contributed by atoms with Crippen molar-refractivity contribution in [3.63, 3.8) is 0 Å². The number of amidine groups is 1. The minimum Gasteiger partial charge on any atom is -1.00 e. The third-order valence-corrected chi connectivity index (χ3v) is 6.28. The van der Waals surface area contributed by atoms with Gasteiger partial charge in [0.1, 0.15) is 5.03 Å². The van der Waals surface area contributed by atoms with Crippen LogP contribution >= 0.6 is 11.8 Å². The number of rotatable bonds is 5. The second-order valence-electron chi connectivity index (χ2n) is 7.13. The second-order valence-corrected chi connectivity index (χ2v) is 8.08. The molecular formula is C20H23ClN3O4S-. The highest BCUT2D eigenvalue weighted by molar-refractivity contribution is 8.13. The van der Waals surface area contributed by atoms with E-state index in [9.17, 15) is 0 Å². The highest BCUT2D eigenvalue weighted by Crippen LogP contribution is 2.39. The molecule has 4 heterocycles. The molecule has 1 atom stereocenters. The van der Waals surface area contributed by atoms with Crippen LogP contribution in [0.15, 0.2) is 28.2 Å². The zero-order chi connectivity index (χ0) is 18.9. The highest BCUT2D eigenvalue weighted by atomic mass is 35.5. The maximum absolute atomic E-state index is 5.86. The van der Waals surface area contributed by atoms with Gasteiger partial charge < -0.3 is 36.3 Å². The lowest BCUT2D eigenvalue weighted by molar-refractivity contribution is -0.00000899. The summed E-state index contributed by atoms with van der Waals surface area (Å²) in [6.07, 6.45) is 2.52. The maximum Gasteiger partial charge on any atom is 0.231 e. The fourth-order valence-electron chi connectivity index (χ4n) is 3.76. The summed E-state index contributed by atoms with van der Waals surface area (Å²) in [5.41, 5.74) is 2.12. The molecule has 1 aromatic carbocycles. The van der Waals surface area contributed by atoms with Crippen LogP contribution in [0.3, 0.4) is 0 Å². The third kappa shape index (κ3) is 4.26. The van der Waals surface area contributed by atoms with Crippen molar-refractivity contribution in [1.82, 2.24) is 9.88 Å². The van der Waals surface area contributed by atoms with Crippen LogP contribution < -0.4 is 21.9 Å². The Morgan fingerprint density at radius 3 is 2.93 bits per heavy atom. The molecular weight excluding hydrogens is 414 g/mol. The number of nitrogens with zero attached hydrogens (tertiary/aromatic N) is 3. The summed E-state index contributed by atoms with van der Waals surface area (Å²) in [6, 6.07) is 6.18. The molecule has 29 heavy (non-hydrogen) atoms. The number of hydrogen-bond donors (Lipinski definition) is 0. The zero-order valence-corrected chi connectivity index (χ0v) is 17.8. The van der Waals surface area contributed by atoms with Crippen molar-refractivity contribution >= 4 is 27.8 Å². The van der Waals surface area contributed by atoms with E-state index in [1.54, 1.807) is 18.9 Å². The summed E-state index contributed by atoms with van der Waals surface area (Å²) in [7, 11) is 1.70. The van der Waals surface area contributed by atoms with Crippen LogP contribution in [0.5, 0.6) is 11.5 Å². The van der Waals surface area contributed by atoms with Crippen LogP contribution in [-0.2, 0) is 16.0 Å². The number of ether oxygens (including phenoxy) is 4. The zero-order valence-electron chi connectivity index (χ0n) is 16.2. The van der Waals surface area contributed by atoms with Crippen molar-refractivity contribution < 1.29 is 31.4 Å². The summed E-state index contributed by atoms with van der Waals surface area (Å²) in [6.45, 7) is 4.02. The first-order valence-corrected chi connectivity index (χ1v) is 10.4. The van der Waals surface area contributed by atoms with Crippen molar-refractivity contribution in [1.29, 1.82) is 0 Å². The largest absolute Gasteiger partial charge is 1.00 e. The molecule has 1 aromatic heterocycles. The Balaban J connectivity index is 0.00000205. The molecule has 0 aliphatic carbocycles. The predicted molar refractivity (Wildman–Crippen MR) is 107 cm³/mol. The number of methoxy groups -OCH3 is 1. The molecule has 0 bridgehead atoms. The van der Waals surface area contributed by atoms with Crippen LogP contribution in [0, 0.1) is 0 Å². The van der Waals surface area contributed by atoms with E-state index < -0.39 is 0 Å². The fraction of sp³-hybridized carbons (Fsp3) is 0.500.